The fourth-order valence-corrected chi connectivity index (χ4v) is 3.29. The molecule has 2 N–H and O–H groups in total. The summed E-state index contributed by atoms with van der Waals surface area (Å²) < 4.78 is 17.3. The summed E-state index contributed by atoms with van der Waals surface area (Å²) in [7, 11) is 0. The normalized spacial score (nSPS) is 12.0. The molecule has 0 bridgehead atoms. The molecule has 0 spiro atoms. The van der Waals surface area contributed by atoms with Crippen LogP contribution in [0, 0.1) is 0 Å². The molecule has 0 aliphatic carbocycles. The van der Waals surface area contributed by atoms with Crippen LogP contribution in [0.15, 0.2) is 60.7 Å². The van der Waals surface area contributed by atoms with E-state index in [2.05, 4.69) is 6.07 Å². The van der Waals surface area contributed by atoms with Crippen LogP contribution in [0.4, 0.5) is 0 Å². The fourth-order valence-electron chi connectivity index (χ4n) is 3.29. The van der Waals surface area contributed by atoms with E-state index in [1.54, 1.807) is 0 Å². The average Bonchev–Trinajstić information content (AvgIpc) is 3.22. The highest BCUT2D eigenvalue weighted by atomic mass is 16.7. The Morgan fingerprint density at radius 1 is 0.964 bits per heavy atom. The molecule has 1 heterocycles. The second kappa shape index (κ2) is 8.15. The molecule has 3 aromatic rings. The molecule has 142 valence electrons. The molecule has 1 aliphatic heterocycles. The lowest BCUT2D eigenvalue weighted by Crippen LogP contribution is -2.01. The van der Waals surface area contributed by atoms with Crippen LogP contribution in [0.25, 0.3) is 11.1 Å². The Balaban J connectivity index is 1.65. The van der Waals surface area contributed by atoms with Gasteiger partial charge >= 0.3 is 0 Å². The fraction of sp³-hybridized carbons (Fsp3) is 0.174. The molecule has 0 aromatic heterocycles. The molecule has 0 unspecified atom stereocenters. The van der Waals surface area contributed by atoms with Gasteiger partial charge in [0.25, 0.3) is 0 Å². The molecule has 0 radical (unpaired) electrons. The van der Waals surface area contributed by atoms with E-state index in [1.807, 2.05) is 54.6 Å². The Morgan fingerprint density at radius 3 is 2.71 bits per heavy atom. The Morgan fingerprint density at radius 2 is 1.86 bits per heavy atom. The summed E-state index contributed by atoms with van der Waals surface area (Å²) in [6.07, 6.45) is 1.20. The predicted molar refractivity (Wildman–Crippen MR) is 106 cm³/mol. The molecule has 5 nitrogen and oxygen atoms in total. The highest BCUT2D eigenvalue weighted by molar-refractivity contribution is 5.70. The van der Waals surface area contributed by atoms with Crippen LogP contribution in [0.1, 0.15) is 16.7 Å². The van der Waals surface area contributed by atoms with Gasteiger partial charge in [0.2, 0.25) is 6.79 Å². The highest BCUT2D eigenvalue weighted by Crippen LogP contribution is 2.40. The smallest absolute Gasteiger partial charge is 0.231 e. The number of aldehydes is 1. The third-order valence-electron chi connectivity index (χ3n) is 4.70. The van der Waals surface area contributed by atoms with Crippen molar-refractivity contribution < 1.29 is 19.0 Å². The SMILES string of the molecule is NCc1cccc(-c2cc(COc3ccccc3CC=O)c3c(c2)OCO3)c1. The Labute approximate surface area is 163 Å². The van der Waals surface area contributed by atoms with Crippen LogP contribution < -0.4 is 19.9 Å². The van der Waals surface area contributed by atoms with Gasteiger partial charge in [0, 0.05) is 24.1 Å². The molecular weight excluding hydrogens is 354 g/mol. The monoisotopic (exact) mass is 375 g/mol. The van der Waals surface area contributed by atoms with Crippen molar-refractivity contribution in [3.63, 3.8) is 0 Å². The quantitative estimate of drug-likeness (QED) is 0.635. The number of hydrogen-bond acceptors (Lipinski definition) is 5. The largest absolute Gasteiger partial charge is 0.488 e. The van der Waals surface area contributed by atoms with Gasteiger partial charge in [-0.05, 0) is 41.0 Å². The molecule has 5 heteroatoms. The topological polar surface area (TPSA) is 70.8 Å². The number of benzene rings is 3. The lowest BCUT2D eigenvalue weighted by atomic mass is 10.00. The summed E-state index contributed by atoms with van der Waals surface area (Å²) >= 11 is 0. The highest BCUT2D eigenvalue weighted by Gasteiger charge is 2.20. The van der Waals surface area contributed by atoms with Gasteiger partial charge in [-0.25, -0.2) is 0 Å². The maximum Gasteiger partial charge on any atom is 0.231 e. The molecule has 28 heavy (non-hydrogen) atoms. The molecule has 0 saturated carbocycles. The van der Waals surface area contributed by atoms with Crippen molar-refractivity contribution in [3.8, 4) is 28.4 Å². The first kappa shape index (κ1) is 18.1. The summed E-state index contributed by atoms with van der Waals surface area (Å²) in [6, 6.07) is 19.7. The minimum Gasteiger partial charge on any atom is -0.488 e. The van der Waals surface area contributed by atoms with E-state index in [9.17, 15) is 4.79 Å². The molecule has 1 aliphatic rings. The minimum absolute atomic E-state index is 0.191. The maximum absolute atomic E-state index is 10.9. The van der Waals surface area contributed by atoms with Gasteiger partial charge in [0.1, 0.15) is 18.6 Å². The number of hydrogen-bond donors (Lipinski definition) is 1. The van der Waals surface area contributed by atoms with E-state index in [0.717, 1.165) is 34.1 Å². The van der Waals surface area contributed by atoms with E-state index in [1.165, 1.54) is 0 Å². The van der Waals surface area contributed by atoms with E-state index in [4.69, 9.17) is 19.9 Å². The van der Waals surface area contributed by atoms with Crippen LogP contribution in [-0.2, 0) is 24.4 Å². The van der Waals surface area contributed by atoms with Crippen molar-refractivity contribution in [1.29, 1.82) is 0 Å². The van der Waals surface area contributed by atoms with Crippen LogP contribution in [-0.4, -0.2) is 13.1 Å². The van der Waals surface area contributed by atoms with E-state index < -0.39 is 0 Å². The van der Waals surface area contributed by atoms with Crippen LogP contribution >= 0.6 is 0 Å². The minimum atomic E-state index is 0.191. The van der Waals surface area contributed by atoms with Crippen molar-refractivity contribution in [1.82, 2.24) is 0 Å². The van der Waals surface area contributed by atoms with Gasteiger partial charge in [0.05, 0.1) is 0 Å². The second-order valence-electron chi connectivity index (χ2n) is 6.54. The van der Waals surface area contributed by atoms with Crippen molar-refractivity contribution in [2.75, 3.05) is 6.79 Å². The van der Waals surface area contributed by atoms with E-state index in [0.29, 0.717) is 36.8 Å². The van der Waals surface area contributed by atoms with Gasteiger partial charge in [-0.3, -0.25) is 0 Å². The van der Waals surface area contributed by atoms with Crippen molar-refractivity contribution in [2.24, 2.45) is 5.73 Å². The zero-order chi connectivity index (χ0) is 19.3. The number of ether oxygens (including phenoxy) is 3. The van der Waals surface area contributed by atoms with Crippen molar-refractivity contribution >= 4 is 6.29 Å². The summed E-state index contributed by atoms with van der Waals surface area (Å²) in [6.45, 7) is 0.990. The second-order valence-corrected chi connectivity index (χ2v) is 6.54. The Hall–Kier alpha value is -3.31. The summed E-state index contributed by atoms with van der Waals surface area (Å²) in [5.41, 5.74) is 10.7. The van der Waals surface area contributed by atoms with E-state index >= 15 is 0 Å². The number of nitrogens with two attached hydrogens (primary N) is 1. The first-order valence-electron chi connectivity index (χ1n) is 9.14. The number of fused-ring (bicyclic) bond motifs is 1. The molecule has 0 fully saturated rings. The van der Waals surface area contributed by atoms with Crippen LogP contribution in [0.5, 0.6) is 17.2 Å². The zero-order valence-corrected chi connectivity index (χ0v) is 15.4. The lowest BCUT2D eigenvalue weighted by Gasteiger charge is -2.13. The van der Waals surface area contributed by atoms with Gasteiger partial charge in [-0.2, -0.15) is 0 Å². The average molecular weight is 375 g/mol. The molecule has 0 amide bonds. The molecule has 3 aromatic carbocycles. The third kappa shape index (κ3) is 3.70. The zero-order valence-electron chi connectivity index (χ0n) is 15.4. The number of carbonyl (C=O) groups is 1. The molecule has 4 rings (SSSR count). The first-order chi connectivity index (χ1) is 13.8. The summed E-state index contributed by atoms with van der Waals surface area (Å²) in [4.78, 5) is 10.9. The number of para-hydroxylation sites is 1. The van der Waals surface area contributed by atoms with Gasteiger partial charge in [-0.15, -0.1) is 0 Å². The van der Waals surface area contributed by atoms with Crippen LogP contribution in [0.3, 0.4) is 0 Å². The Bertz CT molecular complexity index is 1000. The molecule has 0 saturated heterocycles. The molecular formula is C23H21NO4. The van der Waals surface area contributed by atoms with E-state index in [-0.39, 0.29) is 6.79 Å². The third-order valence-corrected chi connectivity index (χ3v) is 4.70. The lowest BCUT2D eigenvalue weighted by molar-refractivity contribution is -0.107. The first-order valence-corrected chi connectivity index (χ1v) is 9.14. The summed E-state index contributed by atoms with van der Waals surface area (Å²) in [5, 5.41) is 0. The standard InChI is InChI=1S/C23H21NO4/c24-13-16-4-3-6-18(10-16)19-11-20(23-22(12-19)27-15-28-23)14-26-21-7-2-1-5-17(21)8-9-25/h1-7,9-12H,8,13-15,24H2. The maximum atomic E-state index is 10.9. The van der Waals surface area contributed by atoms with Crippen molar-refractivity contribution in [2.45, 2.75) is 19.6 Å². The Kier molecular flexibility index (Phi) is 5.26. The number of rotatable bonds is 7. The van der Waals surface area contributed by atoms with Crippen LogP contribution in [0.2, 0.25) is 0 Å². The molecule has 0 atom stereocenters. The predicted octanol–water partition coefficient (Wildman–Crippen LogP) is 3.86. The summed E-state index contributed by atoms with van der Waals surface area (Å²) in [5.74, 6) is 2.10. The van der Waals surface area contributed by atoms with Gasteiger partial charge < -0.3 is 24.7 Å². The van der Waals surface area contributed by atoms with Gasteiger partial charge in [0.15, 0.2) is 11.5 Å². The number of carbonyl (C=O) groups excluding carboxylic acids is 1. The van der Waals surface area contributed by atoms with Crippen molar-refractivity contribution in [3.05, 3.63) is 77.4 Å². The van der Waals surface area contributed by atoms with Gasteiger partial charge in [-0.1, -0.05) is 36.4 Å².